The van der Waals surface area contributed by atoms with Gasteiger partial charge < -0.3 is 19.8 Å². The minimum absolute atomic E-state index is 0.472. The first-order valence-electron chi connectivity index (χ1n) is 11.6. The summed E-state index contributed by atoms with van der Waals surface area (Å²) >= 11 is 5.90. The van der Waals surface area contributed by atoms with Gasteiger partial charge in [0.1, 0.15) is 12.9 Å². The van der Waals surface area contributed by atoms with Gasteiger partial charge in [0.25, 0.3) is 5.91 Å². The average molecular weight is 507 g/mol. The van der Waals surface area contributed by atoms with E-state index in [1.807, 2.05) is 30.3 Å². The van der Waals surface area contributed by atoms with Crippen LogP contribution < -0.4 is 15.5 Å². The van der Waals surface area contributed by atoms with Gasteiger partial charge in [0.2, 0.25) is 6.10 Å². The average Bonchev–Trinajstić information content (AvgIpc) is 2.90. The molecule has 186 valence electrons. The number of carbonyl (C=O) groups is 2. The Labute approximate surface area is 214 Å². The minimum atomic E-state index is -1.15. The molecule has 4 rings (SSSR count). The van der Waals surface area contributed by atoms with Crippen molar-refractivity contribution in [2.45, 2.75) is 25.4 Å². The van der Waals surface area contributed by atoms with Crippen LogP contribution in [0.2, 0.25) is 5.02 Å². The molecular formula is C27H27ClN4O4. The van der Waals surface area contributed by atoms with Gasteiger partial charge in [-0.1, -0.05) is 47.1 Å². The summed E-state index contributed by atoms with van der Waals surface area (Å²) < 4.78 is 5.53. The molecule has 0 aliphatic carbocycles. The van der Waals surface area contributed by atoms with Crippen LogP contribution >= 0.6 is 11.6 Å². The topological polar surface area (TPSA) is 92.3 Å². The normalized spacial score (nSPS) is 15.2. The maximum absolute atomic E-state index is 13.2. The van der Waals surface area contributed by atoms with Crippen molar-refractivity contribution in [2.75, 3.05) is 29.2 Å². The van der Waals surface area contributed by atoms with E-state index >= 15 is 0 Å². The molecule has 0 spiro atoms. The highest BCUT2D eigenvalue weighted by molar-refractivity contribution is 6.30. The van der Waals surface area contributed by atoms with E-state index in [4.69, 9.17) is 21.2 Å². The second-order valence-electron chi connectivity index (χ2n) is 8.16. The summed E-state index contributed by atoms with van der Waals surface area (Å²) in [6, 6.07) is 22.9. The van der Waals surface area contributed by atoms with Gasteiger partial charge in [-0.05, 0) is 61.4 Å². The quantitative estimate of drug-likeness (QED) is 0.371. The molecule has 1 aliphatic heterocycles. The Morgan fingerprint density at radius 1 is 0.917 bits per heavy atom. The van der Waals surface area contributed by atoms with Crippen LogP contribution in [-0.4, -0.2) is 31.5 Å². The molecule has 9 heteroatoms. The lowest BCUT2D eigenvalue weighted by Gasteiger charge is -2.29. The highest BCUT2D eigenvalue weighted by Gasteiger charge is 2.26. The largest absolute Gasteiger partial charge is 0.431 e. The molecule has 8 nitrogen and oxygen atoms in total. The highest BCUT2D eigenvalue weighted by atomic mass is 35.5. The van der Waals surface area contributed by atoms with Gasteiger partial charge in [-0.2, -0.15) is 0 Å². The lowest BCUT2D eigenvalue weighted by Crippen LogP contribution is -2.35. The van der Waals surface area contributed by atoms with Gasteiger partial charge >= 0.3 is 6.09 Å². The number of hydrogen-bond acceptors (Lipinski definition) is 5. The molecule has 0 radical (unpaired) electrons. The SMILES string of the molecule is CON=C1CCCCN1c1ccc(NC(=O)[C@H](OC(=O)Nc2ccc(Cl)cc2)c2ccccc2)cc1. The molecule has 3 aromatic rings. The molecule has 3 aromatic carbocycles. The van der Waals surface area contributed by atoms with Gasteiger partial charge in [0.05, 0.1) is 0 Å². The number of nitrogens with one attached hydrogen (secondary N) is 2. The molecule has 36 heavy (non-hydrogen) atoms. The first-order chi connectivity index (χ1) is 17.5. The van der Waals surface area contributed by atoms with E-state index in [0.717, 1.165) is 37.3 Å². The predicted octanol–water partition coefficient (Wildman–Crippen LogP) is 6.22. The van der Waals surface area contributed by atoms with Crippen LogP contribution in [0.3, 0.4) is 0 Å². The Balaban J connectivity index is 1.46. The van der Waals surface area contributed by atoms with Gasteiger partial charge in [-0.15, -0.1) is 0 Å². The molecule has 2 amide bonds. The van der Waals surface area contributed by atoms with Crippen molar-refractivity contribution in [2.24, 2.45) is 5.16 Å². The smallest absolute Gasteiger partial charge is 0.412 e. The molecular weight excluding hydrogens is 480 g/mol. The lowest BCUT2D eigenvalue weighted by molar-refractivity contribution is -0.124. The van der Waals surface area contributed by atoms with Crippen molar-refractivity contribution in [3.05, 3.63) is 89.4 Å². The number of amidine groups is 1. The van der Waals surface area contributed by atoms with Crippen molar-refractivity contribution >= 4 is 46.5 Å². The van der Waals surface area contributed by atoms with Crippen molar-refractivity contribution in [3.8, 4) is 0 Å². The van der Waals surface area contributed by atoms with E-state index in [-0.39, 0.29) is 0 Å². The standard InChI is InChI=1S/C27H27ClN4O4/c1-35-31-24-9-5-6-18-32(24)23-16-14-21(15-17-23)29-26(33)25(19-7-3-2-4-8-19)36-27(34)30-22-12-10-20(28)11-13-22/h2-4,7-8,10-17,25H,5-6,9,18H2,1H3,(H,29,33)(H,30,34)/t25-/m1/s1. The summed E-state index contributed by atoms with van der Waals surface area (Å²) in [5, 5.41) is 10.2. The van der Waals surface area contributed by atoms with E-state index in [9.17, 15) is 9.59 Å². The van der Waals surface area contributed by atoms with E-state index < -0.39 is 18.1 Å². The van der Waals surface area contributed by atoms with E-state index in [1.54, 1.807) is 55.6 Å². The monoisotopic (exact) mass is 506 g/mol. The lowest BCUT2D eigenvalue weighted by atomic mass is 10.1. The van der Waals surface area contributed by atoms with Gasteiger partial charge in [-0.3, -0.25) is 10.1 Å². The fraction of sp³-hybridized carbons (Fsp3) is 0.222. The first-order valence-corrected chi connectivity index (χ1v) is 12.0. The maximum atomic E-state index is 13.2. The molecule has 0 aromatic heterocycles. The van der Waals surface area contributed by atoms with E-state index in [2.05, 4.69) is 20.7 Å². The first kappa shape index (κ1) is 25.1. The summed E-state index contributed by atoms with van der Waals surface area (Å²) in [5.41, 5.74) is 2.59. The van der Waals surface area contributed by atoms with Crippen LogP contribution in [0.4, 0.5) is 21.9 Å². The number of piperidine rings is 1. The number of oxime groups is 1. The molecule has 0 saturated carbocycles. The Morgan fingerprint density at radius 2 is 1.58 bits per heavy atom. The molecule has 1 saturated heterocycles. The van der Waals surface area contributed by atoms with Gasteiger partial charge in [-0.25, -0.2) is 4.79 Å². The van der Waals surface area contributed by atoms with Crippen LogP contribution in [0.25, 0.3) is 0 Å². The number of ether oxygens (including phenoxy) is 1. The van der Waals surface area contributed by atoms with Crippen molar-refractivity contribution in [1.29, 1.82) is 0 Å². The zero-order chi connectivity index (χ0) is 25.3. The Bertz CT molecular complexity index is 1200. The fourth-order valence-electron chi connectivity index (χ4n) is 3.92. The number of hydrogen-bond donors (Lipinski definition) is 2. The fourth-order valence-corrected chi connectivity index (χ4v) is 4.04. The second kappa shape index (κ2) is 12.1. The Hall–Kier alpha value is -4.04. The molecule has 2 N–H and O–H groups in total. The second-order valence-corrected chi connectivity index (χ2v) is 8.60. The summed E-state index contributed by atoms with van der Waals surface area (Å²) in [5.74, 6) is 0.407. The third-order valence-corrected chi connectivity index (χ3v) is 5.89. The van der Waals surface area contributed by atoms with Gasteiger partial charge in [0.15, 0.2) is 0 Å². The van der Waals surface area contributed by atoms with E-state index in [1.165, 1.54) is 0 Å². The van der Waals surface area contributed by atoms with E-state index in [0.29, 0.717) is 22.0 Å². The third kappa shape index (κ3) is 6.55. The molecule has 1 heterocycles. The summed E-state index contributed by atoms with van der Waals surface area (Å²) in [4.78, 5) is 32.9. The number of benzene rings is 3. The zero-order valence-corrected chi connectivity index (χ0v) is 20.6. The Kier molecular flexibility index (Phi) is 8.41. The predicted molar refractivity (Wildman–Crippen MR) is 141 cm³/mol. The van der Waals surface area contributed by atoms with Crippen LogP contribution in [0, 0.1) is 0 Å². The van der Waals surface area contributed by atoms with Crippen molar-refractivity contribution in [1.82, 2.24) is 0 Å². The molecule has 1 fully saturated rings. The number of amides is 2. The molecule has 0 bridgehead atoms. The maximum Gasteiger partial charge on any atom is 0.412 e. The number of anilines is 3. The molecule has 1 aliphatic rings. The van der Waals surface area contributed by atoms with Crippen LogP contribution in [0.1, 0.15) is 30.9 Å². The summed E-state index contributed by atoms with van der Waals surface area (Å²) in [6.45, 7) is 0.848. The Morgan fingerprint density at radius 3 is 2.28 bits per heavy atom. The minimum Gasteiger partial charge on any atom is -0.431 e. The molecule has 0 unspecified atom stereocenters. The number of rotatable bonds is 7. The number of nitrogens with zero attached hydrogens (tertiary/aromatic N) is 2. The van der Waals surface area contributed by atoms with Gasteiger partial charge in [0, 0.05) is 40.6 Å². The van der Waals surface area contributed by atoms with Crippen LogP contribution in [0.5, 0.6) is 0 Å². The highest BCUT2D eigenvalue weighted by Crippen LogP contribution is 2.25. The summed E-state index contributed by atoms with van der Waals surface area (Å²) in [7, 11) is 1.54. The number of halogens is 1. The third-order valence-electron chi connectivity index (χ3n) is 5.64. The van der Waals surface area contributed by atoms with Crippen LogP contribution in [-0.2, 0) is 14.4 Å². The zero-order valence-electron chi connectivity index (χ0n) is 19.8. The van der Waals surface area contributed by atoms with Crippen molar-refractivity contribution < 1.29 is 19.2 Å². The van der Waals surface area contributed by atoms with Crippen LogP contribution in [0.15, 0.2) is 84.0 Å². The van der Waals surface area contributed by atoms with Crippen molar-refractivity contribution in [3.63, 3.8) is 0 Å². The summed E-state index contributed by atoms with van der Waals surface area (Å²) in [6.07, 6.45) is 1.07. The molecule has 1 atom stereocenters. The number of carbonyl (C=O) groups excluding carboxylic acids is 2.